The summed E-state index contributed by atoms with van der Waals surface area (Å²) in [6, 6.07) is 7.15. The summed E-state index contributed by atoms with van der Waals surface area (Å²) in [5, 5.41) is 10.1. The smallest absolute Gasteiger partial charge is 0.276 e. The maximum absolute atomic E-state index is 12.6. The van der Waals surface area contributed by atoms with Crippen LogP contribution in [-0.2, 0) is 12.8 Å². The van der Waals surface area contributed by atoms with E-state index in [9.17, 15) is 9.59 Å². The molecule has 0 radical (unpaired) electrons. The highest BCUT2D eigenvalue weighted by molar-refractivity contribution is 6.05. The van der Waals surface area contributed by atoms with Crippen molar-refractivity contribution in [1.82, 2.24) is 15.1 Å². The number of benzene rings is 1. The molecule has 2 aliphatic rings. The van der Waals surface area contributed by atoms with Crippen LogP contribution in [0.1, 0.15) is 57.8 Å². The Kier molecular flexibility index (Phi) is 4.26. The van der Waals surface area contributed by atoms with Gasteiger partial charge in [-0.15, -0.1) is 0 Å². The van der Waals surface area contributed by atoms with Gasteiger partial charge in [0.05, 0.1) is 0 Å². The number of nitrogens with one attached hydrogen (secondary N) is 2. The minimum Gasteiger partial charge on any atom is -0.339 e. The highest BCUT2D eigenvalue weighted by Gasteiger charge is 2.23. The van der Waals surface area contributed by atoms with E-state index in [1.165, 1.54) is 0 Å². The molecular formula is C19H22N4O2. The van der Waals surface area contributed by atoms with Crippen LogP contribution in [0.25, 0.3) is 0 Å². The van der Waals surface area contributed by atoms with Crippen molar-refractivity contribution in [2.24, 2.45) is 0 Å². The lowest BCUT2D eigenvalue weighted by Gasteiger charge is -2.16. The van der Waals surface area contributed by atoms with Crippen LogP contribution in [0.5, 0.6) is 0 Å². The van der Waals surface area contributed by atoms with Crippen LogP contribution in [0.2, 0.25) is 0 Å². The number of hydrogen-bond acceptors (Lipinski definition) is 3. The van der Waals surface area contributed by atoms with Crippen LogP contribution in [0.3, 0.4) is 0 Å². The zero-order valence-electron chi connectivity index (χ0n) is 14.2. The van der Waals surface area contributed by atoms with Crippen molar-refractivity contribution < 1.29 is 9.59 Å². The van der Waals surface area contributed by atoms with Gasteiger partial charge in [0.15, 0.2) is 5.69 Å². The minimum atomic E-state index is -0.217. The van der Waals surface area contributed by atoms with Crippen molar-refractivity contribution in [3.8, 4) is 0 Å². The van der Waals surface area contributed by atoms with Crippen molar-refractivity contribution in [2.45, 2.75) is 38.5 Å². The van der Waals surface area contributed by atoms with Crippen LogP contribution < -0.4 is 5.32 Å². The molecule has 1 aliphatic carbocycles. The summed E-state index contributed by atoms with van der Waals surface area (Å²) in [7, 11) is 0. The largest absolute Gasteiger partial charge is 0.339 e. The van der Waals surface area contributed by atoms with E-state index in [4.69, 9.17) is 0 Å². The Morgan fingerprint density at radius 2 is 1.88 bits per heavy atom. The second-order valence-corrected chi connectivity index (χ2v) is 6.77. The third-order valence-corrected chi connectivity index (χ3v) is 5.03. The number of aromatic nitrogens is 2. The topological polar surface area (TPSA) is 78.1 Å². The quantitative estimate of drug-likeness (QED) is 0.903. The van der Waals surface area contributed by atoms with Gasteiger partial charge in [0.25, 0.3) is 11.8 Å². The predicted molar refractivity (Wildman–Crippen MR) is 94.8 cm³/mol. The fraction of sp³-hybridized carbons (Fsp3) is 0.421. The monoisotopic (exact) mass is 338 g/mol. The zero-order valence-corrected chi connectivity index (χ0v) is 14.2. The molecule has 2 aromatic rings. The Bertz CT molecular complexity index is 806. The maximum atomic E-state index is 12.6. The number of likely N-dealkylation sites (tertiary alicyclic amines) is 1. The summed E-state index contributed by atoms with van der Waals surface area (Å²) in [5.74, 6) is -0.184. The zero-order chi connectivity index (χ0) is 17.2. The first-order chi connectivity index (χ1) is 12.2. The molecule has 6 nitrogen and oxygen atoms in total. The molecule has 0 unspecified atom stereocenters. The van der Waals surface area contributed by atoms with Gasteiger partial charge >= 0.3 is 0 Å². The molecule has 6 heteroatoms. The molecule has 1 saturated heterocycles. The van der Waals surface area contributed by atoms with Crippen LogP contribution >= 0.6 is 0 Å². The van der Waals surface area contributed by atoms with E-state index in [0.29, 0.717) is 16.9 Å². The molecule has 0 atom stereocenters. The van der Waals surface area contributed by atoms with E-state index >= 15 is 0 Å². The van der Waals surface area contributed by atoms with Crippen LogP contribution in [-0.4, -0.2) is 40.0 Å². The van der Waals surface area contributed by atoms with E-state index in [1.807, 2.05) is 4.90 Å². The van der Waals surface area contributed by atoms with Crippen molar-refractivity contribution in [2.75, 3.05) is 18.4 Å². The number of H-pyrrole nitrogens is 1. The molecule has 130 valence electrons. The fourth-order valence-electron chi connectivity index (χ4n) is 3.69. The lowest BCUT2D eigenvalue weighted by Crippen LogP contribution is -2.27. The number of nitrogens with zero attached hydrogens (tertiary/aromatic N) is 2. The number of carbonyl (C=O) groups is 2. The first kappa shape index (κ1) is 15.9. The molecule has 1 aromatic carbocycles. The molecule has 4 rings (SSSR count). The standard InChI is InChI=1S/C19H22N4O2/c24-18(17-15-8-1-2-9-16(15)21-22-17)20-14-7-5-6-13(12-14)19(25)23-10-3-4-11-23/h5-7,12H,1-4,8-11H2,(H,20,24)(H,21,22). The van der Waals surface area contributed by atoms with Gasteiger partial charge in [-0.2, -0.15) is 5.10 Å². The summed E-state index contributed by atoms with van der Waals surface area (Å²) in [6.45, 7) is 1.63. The highest BCUT2D eigenvalue weighted by Crippen LogP contribution is 2.23. The molecule has 2 N–H and O–H groups in total. The van der Waals surface area contributed by atoms with Crippen LogP contribution in [0.4, 0.5) is 5.69 Å². The minimum absolute atomic E-state index is 0.0331. The number of anilines is 1. The summed E-state index contributed by atoms with van der Waals surface area (Å²) >= 11 is 0. The van der Waals surface area contributed by atoms with E-state index in [2.05, 4.69) is 15.5 Å². The van der Waals surface area contributed by atoms with Crippen molar-refractivity contribution in [1.29, 1.82) is 0 Å². The molecule has 25 heavy (non-hydrogen) atoms. The number of aryl methyl sites for hydroxylation is 1. The number of carbonyl (C=O) groups excluding carboxylic acids is 2. The lowest BCUT2D eigenvalue weighted by atomic mass is 9.96. The number of fused-ring (bicyclic) bond motifs is 1. The fourth-order valence-corrected chi connectivity index (χ4v) is 3.69. The number of amides is 2. The predicted octanol–water partition coefficient (Wildman–Crippen LogP) is 2.78. The molecule has 1 aliphatic heterocycles. The number of hydrogen-bond donors (Lipinski definition) is 2. The maximum Gasteiger partial charge on any atom is 0.276 e. The third kappa shape index (κ3) is 3.16. The van der Waals surface area contributed by atoms with Crippen LogP contribution in [0, 0.1) is 0 Å². The Morgan fingerprint density at radius 1 is 1.08 bits per heavy atom. The number of rotatable bonds is 3. The van der Waals surface area contributed by atoms with E-state index < -0.39 is 0 Å². The van der Waals surface area contributed by atoms with Gasteiger partial charge in [0.1, 0.15) is 0 Å². The van der Waals surface area contributed by atoms with Gasteiger partial charge in [-0.05, 0) is 56.7 Å². The average molecular weight is 338 g/mol. The molecular weight excluding hydrogens is 316 g/mol. The molecule has 1 aromatic heterocycles. The third-order valence-electron chi connectivity index (χ3n) is 5.03. The first-order valence-electron chi connectivity index (χ1n) is 8.99. The van der Waals surface area contributed by atoms with Crippen molar-refractivity contribution in [3.05, 3.63) is 46.8 Å². The second-order valence-electron chi connectivity index (χ2n) is 6.77. The Morgan fingerprint density at radius 3 is 2.72 bits per heavy atom. The van der Waals surface area contributed by atoms with Crippen LogP contribution in [0.15, 0.2) is 24.3 Å². The molecule has 2 heterocycles. The van der Waals surface area contributed by atoms with Gasteiger partial charge in [-0.25, -0.2) is 0 Å². The molecule has 0 saturated carbocycles. The normalized spacial score (nSPS) is 16.6. The van der Waals surface area contributed by atoms with E-state index in [0.717, 1.165) is 62.9 Å². The first-order valence-corrected chi connectivity index (χ1v) is 8.99. The van der Waals surface area contributed by atoms with E-state index in [-0.39, 0.29) is 11.8 Å². The Hall–Kier alpha value is -2.63. The molecule has 0 bridgehead atoms. The molecule has 0 spiro atoms. The van der Waals surface area contributed by atoms with Gasteiger partial charge in [0.2, 0.25) is 0 Å². The van der Waals surface area contributed by atoms with Gasteiger partial charge < -0.3 is 10.2 Å². The van der Waals surface area contributed by atoms with Gasteiger partial charge in [-0.3, -0.25) is 14.7 Å². The van der Waals surface area contributed by atoms with Gasteiger partial charge in [0, 0.05) is 35.6 Å². The summed E-state index contributed by atoms with van der Waals surface area (Å²) in [4.78, 5) is 27.0. The summed E-state index contributed by atoms with van der Waals surface area (Å²) in [6.07, 6.45) is 6.19. The average Bonchev–Trinajstić information content (AvgIpc) is 3.31. The SMILES string of the molecule is O=C(Nc1cccc(C(=O)N2CCCC2)c1)c1n[nH]c2c1CCCC2. The highest BCUT2D eigenvalue weighted by atomic mass is 16.2. The lowest BCUT2D eigenvalue weighted by molar-refractivity contribution is 0.0792. The molecule has 2 amide bonds. The van der Waals surface area contributed by atoms with E-state index in [1.54, 1.807) is 24.3 Å². The molecule has 1 fully saturated rings. The second kappa shape index (κ2) is 6.70. The van der Waals surface area contributed by atoms with Gasteiger partial charge in [-0.1, -0.05) is 6.07 Å². The Balaban J connectivity index is 1.51. The summed E-state index contributed by atoms with van der Waals surface area (Å²) in [5.41, 5.74) is 3.83. The number of aromatic amines is 1. The van der Waals surface area contributed by atoms with Crippen molar-refractivity contribution in [3.63, 3.8) is 0 Å². The Labute approximate surface area is 146 Å². The van der Waals surface area contributed by atoms with Crippen molar-refractivity contribution >= 4 is 17.5 Å². The summed E-state index contributed by atoms with van der Waals surface area (Å²) < 4.78 is 0.